The molecule has 0 spiro atoms. The maximum absolute atomic E-state index is 4.14. The molecule has 2 rings (SSSR count). The minimum Gasteiger partial charge on any atom is -0.359 e. The number of anilines is 1. The summed E-state index contributed by atoms with van der Waals surface area (Å²) in [5.41, 5.74) is 0. The molecule has 1 aliphatic heterocycles. The lowest BCUT2D eigenvalue weighted by Gasteiger charge is -2.26. The molecule has 0 saturated heterocycles. The van der Waals surface area contributed by atoms with E-state index in [2.05, 4.69) is 41.3 Å². The van der Waals surface area contributed by atoms with E-state index in [1.54, 1.807) is 0 Å². The third kappa shape index (κ3) is 1.18. The van der Waals surface area contributed by atoms with Gasteiger partial charge >= 0.3 is 0 Å². The lowest BCUT2D eigenvalue weighted by molar-refractivity contribution is 0.380. The molecule has 0 aromatic carbocycles. The van der Waals surface area contributed by atoms with Gasteiger partial charge in [0.25, 0.3) is 0 Å². The molecule has 0 N–H and O–H groups in total. The largest absolute Gasteiger partial charge is 0.359 e. The Kier molecular flexibility index (Phi) is 1.76. The molecule has 0 saturated carbocycles. The fourth-order valence-corrected chi connectivity index (χ4v) is 1.51. The zero-order valence-corrected chi connectivity index (χ0v) is 8.18. The van der Waals surface area contributed by atoms with Crippen molar-refractivity contribution in [1.82, 2.24) is 14.7 Å². The van der Waals surface area contributed by atoms with Crippen LogP contribution >= 0.6 is 0 Å². The van der Waals surface area contributed by atoms with Gasteiger partial charge in [0.1, 0.15) is 12.0 Å². The van der Waals surface area contributed by atoms with E-state index in [0.29, 0.717) is 6.17 Å². The van der Waals surface area contributed by atoms with Gasteiger partial charge in [-0.15, -0.1) is 0 Å². The third-order valence-corrected chi connectivity index (χ3v) is 2.51. The minimum absolute atomic E-state index is 0.371. The summed E-state index contributed by atoms with van der Waals surface area (Å²) in [4.78, 5) is 4.35. The van der Waals surface area contributed by atoms with Gasteiger partial charge in [-0.2, -0.15) is 5.10 Å². The first kappa shape index (κ1) is 8.16. The van der Waals surface area contributed by atoms with Crippen LogP contribution in [0, 0.1) is 0 Å². The summed E-state index contributed by atoms with van der Waals surface area (Å²) in [5.74, 6) is 1.12. The van der Waals surface area contributed by atoms with Crippen molar-refractivity contribution < 1.29 is 0 Å². The van der Waals surface area contributed by atoms with E-state index in [1.165, 1.54) is 0 Å². The molecule has 1 atom stereocenters. The van der Waals surface area contributed by atoms with Gasteiger partial charge in [-0.1, -0.05) is 0 Å². The Balaban J connectivity index is 2.29. The van der Waals surface area contributed by atoms with Crippen molar-refractivity contribution >= 4 is 5.82 Å². The smallest absolute Gasteiger partial charge is 0.132 e. The van der Waals surface area contributed by atoms with Crippen LogP contribution in [0.3, 0.4) is 0 Å². The molecule has 2 heterocycles. The van der Waals surface area contributed by atoms with E-state index in [1.807, 2.05) is 24.0 Å². The molecule has 4 nitrogen and oxygen atoms in total. The van der Waals surface area contributed by atoms with Crippen molar-refractivity contribution in [2.45, 2.75) is 13.1 Å². The lowest BCUT2D eigenvalue weighted by atomic mass is 10.4. The number of rotatable bonds is 1. The maximum Gasteiger partial charge on any atom is 0.132 e. The predicted molar refractivity (Wildman–Crippen MR) is 52.1 cm³/mol. The van der Waals surface area contributed by atoms with Gasteiger partial charge in [0, 0.05) is 32.6 Å². The molecule has 0 fully saturated rings. The summed E-state index contributed by atoms with van der Waals surface area (Å²) in [5, 5.41) is 4.14. The monoisotopic (exact) mass is 178 g/mol. The molecule has 0 aliphatic carbocycles. The van der Waals surface area contributed by atoms with Crippen molar-refractivity contribution in [2.24, 2.45) is 7.05 Å². The highest BCUT2D eigenvalue weighted by Crippen LogP contribution is 2.21. The van der Waals surface area contributed by atoms with Crippen LogP contribution in [0.15, 0.2) is 24.7 Å². The van der Waals surface area contributed by atoms with Crippen LogP contribution in [0.2, 0.25) is 0 Å². The normalized spacial score (nSPS) is 21.6. The van der Waals surface area contributed by atoms with Gasteiger partial charge in [0.15, 0.2) is 0 Å². The van der Waals surface area contributed by atoms with Crippen molar-refractivity contribution in [1.29, 1.82) is 0 Å². The standard InChI is InChI=1S/C9H14N4/c1-8-11(2)6-7-13(8)9-4-5-10-12(9)3/h4-8H,1-3H3/t8-/m1/s1. The number of hydrogen-bond donors (Lipinski definition) is 0. The van der Waals surface area contributed by atoms with Gasteiger partial charge in [0.05, 0.1) is 6.20 Å². The third-order valence-electron chi connectivity index (χ3n) is 2.51. The first-order chi connectivity index (χ1) is 6.20. The Bertz CT molecular complexity index is 328. The van der Waals surface area contributed by atoms with E-state index >= 15 is 0 Å². The number of hydrogen-bond acceptors (Lipinski definition) is 3. The second-order valence-electron chi connectivity index (χ2n) is 3.32. The highest BCUT2D eigenvalue weighted by molar-refractivity contribution is 5.44. The minimum atomic E-state index is 0.371. The van der Waals surface area contributed by atoms with Crippen LogP contribution in [0.5, 0.6) is 0 Å². The van der Waals surface area contributed by atoms with Crippen LogP contribution < -0.4 is 4.90 Å². The average Bonchev–Trinajstić information content (AvgIpc) is 2.62. The van der Waals surface area contributed by atoms with Crippen molar-refractivity contribution in [2.75, 3.05) is 11.9 Å². The molecule has 1 aromatic heterocycles. The molecule has 4 heteroatoms. The molecular formula is C9H14N4. The molecule has 0 unspecified atom stereocenters. The van der Waals surface area contributed by atoms with Crippen molar-refractivity contribution in [3.8, 4) is 0 Å². The Hall–Kier alpha value is -1.45. The van der Waals surface area contributed by atoms with Crippen LogP contribution in [-0.4, -0.2) is 27.9 Å². The number of nitrogens with zero attached hydrogens (tertiary/aromatic N) is 4. The summed E-state index contributed by atoms with van der Waals surface area (Å²) < 4.78 is 1.88. The molecule has 0 radical (unpaired) electrons. The van der Waals surface area contributed by atoms with Crippen molar-refractivity contribution in [3.05, 3.63) is 24.7 Å². The zero-order valence-electron chi connectivity index (χ0n) is 8.18. The van der Waals surface area contributed by atoms with Crippen molar-refractivity contribution in [3.63, 3.8) is 0 Å². The summed E-state index contributed by atoms with van der Waals surface area (Å²) in [6, 6.07) is 2.01. The Morgan fingerprint density at radius 2 is 2.08 bits per heavy atom. The quantitative estimate of drug-likeness (QED) is 0.641. The topological polar surface area (TPSA) is 24.3 Å². The van der Waals surface area contributed by atoms with E-state index < -0.39 is 0 Å². The number of aryl methyl sites for hydroxylation is 1. The van der Waals surface area contributed by atoms with Gasteiger partial charge in [0.2, 0.25) is 0 Å². The first-order valence-corrected chi connectivity index (χ1v) is 4.37. The van der Waals surface area contributed by atoms with E-state index in [9.17, 15) is 0 Å². The van der Waals surface area contributed by atoms with Crippen LogP contribution in [0.1, 0.15) is 6.92 Å². The molecule has 13 heavy (non-hydrogen) atoms. The fraction of sp³-hybridized carbons (Fsp3) is 0.444. The summed E-state index contributed by atoms with van der Waals surface area (Å²) in [6.45, 7) is 2.16. The highest BCUT2D eigenvalue weighted by Gasteiger charge is 2.21. The Morgan fingerprint density at radius 3 is 2.54 bits per heavy atom. The molecule has 1 aromatic rings. The van der Waals surface area contributed by atoms with Gasteiger partial charge in [-0.25, -0.2) is 0 Å². The lowest BCUT2D eigenvalue weighted by Crippen LogP contribution is -2.34. The number of aromatic nitrogens is 2. The van der Waals surface area contributed by atoms with Gasteiger partial charge in [-0.05, 0) is 6.92 Å². The second-order valence-corrected chi connectivity index (χ2v) is 3.32. The molecule has 70 valence electrons. The summed E-state index contributed by atoms with van der Waals surface area (Å²) in [6.07, 6.45) is 6.32. The average molecular weight is 178 g/mol. The summed E-state index contributed by atoms with van der Waals surface area (Å²) >= 11 is 0. The first-order valence-electron chi connectivity index (χ1n) is 4.37. The van der Waals surface area contributed by atoms with E-state index in [-0.39, 0.29) is 0 Å². The highest BCUT2D eigenvalue weighted by atomic mass is 15.4. The van der Waals surface area contributed by atoms with E-state index in [0.717, 1.165) is 5.82 Å². The molecular weight excluding hydrogens is 164 g/mol. The van der Waals surface area contributed by atoms with Gasteiger partial charge < -0.3 is 9.80 Å². The SMILES string of the molecule is C[C@@H]1N(C)C=CN1c1ccnn1C. The maximum atomic E-state index is 4.14. The summed E-state index contributed by atoms with van der Waals surface area (Å²) in [7, 11) is 4.02. The fourth-order valence-electron chi connectivity index (χ4n) is 1.51. The van der Waals surface area contributed by atoms with Crippen LogP contribution in [0.4, 0.5) is 5.82 Å². The Morgan fingerprint density at radius 1 is 1.31 bits per heavy atom. The Labute approximate surface area is 78.1 Å². The zero-order chi connectivity index (χ0) is 9.42. The second kappa shape index (κ2) is 2.80. The molecule has 0 amide bonds. The van der Waals surface area contributed by atoms with Gasteiger partial charge in [-0.3, -0.25) is 4.68 Å². The molecule has 0 bridgehead atoms. The van der Waals surface area contributed by atoms with E-state index in [4.69, 9.17) is 0 Å². The predicted octanol–water partition coefficient (Wildman–Crippen LogP) is 0.989. The molecule has 1 aliphatic rings. The van der Waals surface area contributed by atoms with Crippen LogP contribution in [0.25, 0.3) is 0 Å². The van der Waals surface area contributed by atoms with Crippen LogP contribution in [-0.2, 0) is 7.05 Å².